The standard InChI is InChI=1S/C16H25N3O3/c1-13-3-4-15(14(2)11-13)22-12-18-16(20)17-5-6-19-7-9-21-10-8-19/h3-4,11H,5-10,12H2,1-2H3,(H2,17,18,20). The van der Waals surface area contributed by atoms with Crippen LogP contribution in [-0.4, -0.2) is 57.1 Å². The molecule has 6 nitrogen and oxygen atoms in total. The topological polar surface area (TPSA) is 62.8 Å². The van der Waals surface area contributed by atoms with Gasteiger partial charge < -0.3 is 20.1 Å². The number of amides is 2. The Bertz CT molecular complexity index is 488. The number of rotatable bonds is 6. The van der Waals surface area contributed by atoms with E-state index in [1.54, 1.807) is 0 Å². The predicted octanol–water partition coefficient (Wildman–Crippen LogP) is 1.27. The normalized spacial score (nSPS) is 15.4. The summed E-state index contributed by atoms with van der Waals surface area (Å²) in [6.07, 6.45) is 0. The van der Waals surface area contributed by atoms with Crippen LogP contribution in [0.3, 0.4) is 0 Å². The molecule has 1 aliphatic heterocycles. The quantitative estimate of drug-likeness (QED) is 0.777. The number of nitrogens with zero attached hydrogens (tertiary/aromatic N) is 1. The molecule has 0 spiro atoms. The summed E-state index contributed by atoms with van der Waals surface area (Å²) in [6, 6.07) is 5.75. The Morgan fingerprint density at radius 2 is 2.05 bits per heavy atom. The molecule has 2 amide bonds. The minimum atomic E-state index is -0.210. The van der Waals surface area contributed by atoms with E-state index in [2.05, 4.69) is 21.6 Å². The molecule has 0 radical (unpaired) electrons. The first kappa shape index (κ1) is 16.6. The maximum absolute atomic E-state index is 11.7. The molecule has 1 aromatic carbocycles. The lowest BCUT2D eigenvalue weighted by molar-refractivity contribution is 0.0387. The Morgan fingerprint density at radius 1 is 1.27 bits per heavy atom. The van der Waals surface area contributed by atoms with Crippen LogP contribution in [0.1, 0.15) is 11.1 Å². The van der Waals surface area contributed by atoms with Crippen molar-refractivity contribution in [1.82, 2.24) is 15.5 Å². The van der Waals surface area contributed by atoms with Crippen LogP contribution < -0.4 is 15.4 Å². The SMILES string of the molecule is Cc1ccc(OCNC(=O)NCCN2CCOCC2)c(C)c1. The second kappa shape index (κ2) is 8.60. The average molecular weight is 307 g/mol. The third-order valence-corrected chi connectivity index (χ3v) is 3.61. The van der Waals surface area contributed by atoms with E-state index in [9.17, 15) is 4.79 Å². The molecule has 0 bridgehead atoms. The van der Waals surface area contributed by atoms with Crippen LogP contribution >= 0.6 is 0 Å². The molecule has 0 saturated carbocycles. The molecule has 0 aliphatic carbocycles. The molecule has 1 heterocycles. The number of carbonyl (C=O) groups is 1. The van der Waals surface area contributed by atoms with Crippen molar-refractivity contribution in [3.8, 4) is 5.75 Å². The highest BCUT2D eigenvalue weighted by molar-refractivity contribution is 5.73. The zero-order chi connectivity index (χ0) is 15.8. The van der Waals surface area contributed by atoms with Gasteiger partial charge in [-0.3, -0.25) is 4.90 Å². The maximum Gasteiger partial charge on any atom is 0.317 e. The van der Waals surface area contributed by atoms with Gasteiger partial charge in [-0.1, -0.05) is 17.7 Å². The van der Waals surface area contributed by atoms with Crippen molar-refractivity contribution >= 4 is 6.03 Å². The molecular formula is C16H25N3O3. The lowest BCUT2D eigenvalue weighted by atomic mass is 10.1. The van der Waals surface area contributed by atoms with Crippen molar-refractivity contribution in [1.29, 1.82) is 0 Å². The number of aryl methyl sites for hydroxylation is 2. The monoisotopic (exact) mass is 307 g/mol. The summed E-state index contributed by atoms with van der Waals surface area (Å²) in [5.41, 5.74) is 2.26. The van der Waals surface area contributed by atoms with Gasteiger partial charge >= 0.3 is 6.03 Å². The number of benzene rings is 1. The average Bonchev–Trinajstić information content (AvgIpc) is 2.50. The van der Waals surface area contributed by atoms with Gasteiger partial charge in [-0.05, 0) is 25.5 Å². The minimum absolute atomic E-state index is 0.160. The molecule has 1 aliphatic rings. The van der Waals surface area contributed by atoms with Crippen molar-refractivity contribution in [3.05, 3.63) is 29.3 Å². The largest absolute Gasteiger partial charge is 0.473 e. The van der Waals surface area contributed by atoms with Crippen molar-refractivity contribution in [2.24, 2.45) is 0 Å². The molecule has 1 fully saturated rings. The molecule has 2 N–H and O–H groups in total. The van der Waals surface area contributed by atoms with Gasteiger partial charge in [0.2, 0.25) is 0 Å². The highest BCUT2D eigenvalue weighted by atomic mass is 16.5. The summed E-state index contributed by atoms with van der Waals surface area (Å²) in [7, 11) is 0. The van der Waals surface area contributed by atoms with Gasteiger partial charge in [-0.15, -0.1) is 0 Å². The molecule has 0 aromatic heterocycles. The fraction of sp³-hybridized carbons (Fsp3) is 0.562. The Labute approximate surface area is 131 Å². The van der Waals surface area contributed by atoms with E-state index in [1.165, 1.54) is 5.56 Å². The third-order valence-electron chi connectivity index (χ3n) is 3.61. The molecule has 2 rings (SSSR count). The van der Waals surface area contributed by atoms with Gasteiger partial charge in [0.15, 0.2) is 6.73 Å². The highest BCUT2D eigenvalue weighted by Crippen LogP contribution is 2.18. The van der Waals surface area contributed by atoms with Crippen LogP contribution in [0, 0.1) is 13.8 Å². The lowest BCUT2D eigenvalue weighted by Gasteiger charge is -2.26. The maximum atomic E-state index is 11.7. The zero-order valence-electron chi connectivity index (χ0n) is 13.4. The Morgan fingerprint density at radius 3 is 2.77 bits per heavy atom. The summed E-state index contributed by atoms with van der Waals surface area (Å²) in [5.74, 6) is 0.791. The van der Waals surface area contributed by atoms with Gasteiger partial charge in [0, 0.05) is 26.2 Å². The predicted molar refractivity (Wildman–Crippen MR) is 85.2 cm³/mol. The van der Waals surface area contributed by atoms with E-state index in [1.807, 2.05) is 26.0 Å². The molecule has 122 valence electrons. The van der Waals surface area contributed by atoms with E-state index in [4.69, 9.17) is 9.47 Å². The van der Waals surface area contributed by atoms with Crippen molar-refractivity contribution in [2.45, 2.75) is 13.8 Å². The van der Waals surface area contributed by atoms with Crippen LogP contribution in [-0.2, 0) is 4.74 Å². The zero-order valence-corrected chi connectivity index (χ0v) is 13.4. The summed E-state index contributed by atoms with van der Waals surface area (Å²) in [5, 5.41) is 5.52. The van der Waals surface area contributed by atoms with Gasteiger partial charge in [0.25, 0.3) is 0 Å². The number of urea groups is 1. The number of carbonyl (C=O) groups excluding carboxylic acids is 1. The van der Waals surface area contributed by atoms with Gasteiger partial charge in [0.1, 0.15) is 5.75 Å². The number of ether oxygens (including phenoxy) is 2. The minimum Gasteiger partial charge on any atom is -0.473 e. The first-order valence-electron chi connectivity index (χ1n) is 7.67. The highest BCUT2D eigenvalue weighted by Gasteiger charge is 2.10. The first-order valence-corrected chi connectivity index (χ1v) is 7.67. The van der Waals surface area contributed by atoms with Gasteiger partial charge in [-0.25, -0.2) is 4.79 Å². The molecule has 6 heteroatoms. The second-order valence-electron chi connectivity index (χ2n) is 5.44. The Hall–Kier alpha value is -1.79. The van der Waals surface area contributed by atoms with Crippen LogP contribution in [0.4, 0.5) is 4.79 Å². The van der Waals surface area contributed by atoms with Crippen LogP contribution in [0.25, 0.3) is 0 Å². The van der Waals surface area contributed by atoms with Gasteiger partial charge in [-0.2, -0.15) is 0 Å². The van der Waals surface area contributed by atoms with Crippen molar-refractivity contribution in [2.75, 3.05) is 46.1 Å². The van der Waals surface area contributed by atoms with E-state index >= 15 is 0 Å². The first-order chi connectivity index (χ1) is 10.6. The van der Waals surface area contributed by atoms with E-state index in [0.29, 0.717) is 6.54 Å². The molecule has 0 atom stereocenters. The van der Waals surface area contributed by atoms with Crippen LogP contribution in [0.5, 0.6) is 5.75 Å². The number of hydrogen-bond acceptors (Lipinski definition) is 4. The Balaban J connectivity index is 1.59. The van der Waals surface area contributed by atoms with Gasteiger partial charge in [0.05, 0.1) is 13.2 Å². The fourth-order valence-corrected chi connectivity index (χ4v) is 2.36. The third kappa shape index (κ3) is 5.54. The molecule has 22 heavy (non-hydrogen) atoms. The smallest absolute Gasteiger partial charge is 0.317 e. The fourth-order valence-electron chi connectivity index (χ4n) is 2.36. The van der Waals surface area contributed by atoms with E-state index in [0.717, 1.165) is 44.2 Å². The molecular weight excluding hydrogens is 282 g/mol. The Kier molecular flexibility index (Phi) is 6.48. The van der Waals surface area contributed by atoms with Crippen LogP contribution in [0.2, 0.25) is 0 Å². The summed E-state index contributed by atoms with van der Waals surface area (Å²) < 4.78 is 10.8. The summed E-state index contributed by atoms with van der Waals surface area (Å²) >= 11 is 0. The summed E-state index contributed by atoms with van der Waals surface area (Å²) in [6.45, 7) is 9.06. The molecule has 0 unspecified atom stereocenters. The summed E-state index contributed by atoms with van der Waals surface area (Å²) in [4.78, 5) is 13.9. The molecule has 1 aromatic rings. The van der Waals surface area contributed by atoms with E-state index < -0.39 is 0 Å². The van der Waals surface area contributed by atoms with Crippen LogP contribution in [0.15, 0.2) is 18.2 Å². The number of hydrogen-bond donors (Lipinski definition) is 2. The molecule has 1 saturated heterocycles. The van der Waals surface area contributed by atoms with E-state index in [-0.39, 0.29) is 12.8 Å². The van der Waals surface area contributed by atoms with Crippen molar-refractivity contribution < 1.29 is 14.3 Å². The number of nitrogens with one attached hydrogen (secondary N) is 2. The van der Waals surface area contributed by atoms with Crippen molar-refractivity contribution in [3.63, 3.8) is 0 Å². The lowest BCUT2D eigenvalue weighted by Crippen LogP contribution is -2.44. The number of morpholine rings is 1. The second-order valence-corrected chi connectivity index (χ2v) is 5.44.